The number of hydrogen-bond acceptors (Lipinski definition) is 5. The normalized spacial score (nSPS) is 22.0. The molecule has 21 heavy (non-hydrogen) atoms. The first-order valence-corrected chi connectivity index (χ1v) is 7.42. The topological polar surface area (TPSA) is 72.4 Å². The number of carbonyl (C=O) groups excluding carboxylic acids is 1. The number of aromatic nitrogens is 2. The van der Waals surface area contributed by atoms with E-state index < -0.39 is 0 Å². The van der Waals surface area contributed by atoms with Crippen LogP contribution >= 0.6 is 0 Å². The highest BCUT2D eigenvalue weighted by atomic mass is 16.5. The van der Waals surface area contributed by atoms with E-state index in [0.29, 0.717) is 24.0 Å². The molecule has 0 bridgehead atoms. The molecule has 1 aliphatic heterocycles. The minimum atomic E-state index is -0.0988. The van der Waals surface area contributed by atoms with Crippen molar-refractivity contribution < 1.29 is 13.7 Å². The molecule has 2 aromatic rings. The first-order chi connectivity index (χ1) is 10.2. The SMILES string of the molecule is Cc1ccoc1C(=O)N1CCC[C@H]1c1noc(C2CC2)n1. The van der Waals surface area contributed by atoms with E-state index in [4.69, 9.17) is 8.94 Å². The smallest absolute Gasteiger partial charge is 0.290 e. The van der Waals surface area contributed by atoms with Gasteiger partial charge in [0.1, 0.15) is 0 Å². The van der Waals surface area contributed by atoms with Crippen LogP contribution in [-0.4, -0.2) is 27.5 Å². The van der Waals surface area contributed by atoms with Gasteiger partial charge in [0, 0.05) is 18.0 Å². The average Bonchev–Trinajstić information content (AvgIpc) is 2.94. The maximum atomic E-state index is 12.6. The highest BCUT2D eigenvalue weighted by Gasteiger charge is 2.37. The lowest BCUT2D eigenvalue weighted by Gasteiger charge is -2.21. The Balaban J connectivity index is 1.59. The molecular formula is C15H17N3O3. The number of aryl methyl sites for hydroxylation is 1. The Hall–Kier alpha value is -2.11. The van der Waals surface area contributed by atoms with Gasteiger partial charge < -0.3 is 13.8 Å². The predicted octanol–water partition coefficient (Wildman–Crippen LogP) is 2.83. The third-order valence-corrected chi connectivity index (χ3v) is 4.25. The summed E-state index contributed by atoms with van der Waals surface area (Å²) in [4.78, 5) is 18.9. The Morgan fingerprint density at radius 2 is 2.24 bits per heavy atom. The zero-order chi connectivity index (χ0) is 14.4. The average molecular weight is 287 g/mol. The van der Waals surface area contributed by atoms with E-state index in [1.807, 2.05) is 6.92 Å². The third kappa shape index (κ3) is 2.14. The predicted molar refractivity (Wildman–Crippen MR) is 72.7 cm³/mol. The van der Waals surface area contributed by atoms with Gasteiger partial charge in [-0.05, 0) is 38.7 Å². The molecule has 110 valence electrons. The molecule has 4 rings (SSSR count). The molecule has 1 atom stereocenters. The molecule has 3 heterocycles. The van der Waals surface area contributed by atoms with Crippen molar-refractivity contribution in [3.05, 3.63) is 35.4 Å². The molecule has 0 radical (unpaired) electrons. The van der Waals surface area contributed by atoms with Crippen LogP contribution in [0.5, 0.6) is 0 Å². The molecule has 6 nitrogen and oxygen atoms in total. The van der Waals surface area contributed by atoms with E-state index in [1.165, 1.54) is 0 Å². The number of furan rings is 1. The van der Waals surface area contributed by atoms with Crippen molar-refractivity contribution in [3.63, 3.8) is 0 Å². The summed E-state index contributed by atoms with van der Waals surface area (Å²) in [6.45, 7) is 2.58. The van der Waals surface area contributed by atoms with E-state index in [0.717, 1.165) is 37.1 Å². The Kier molecular flexibility index (Phi) is 2.83. The van der Waals surface area contributed by atoms with Gasteiger partial charge in [-0.15, -0.1) is 0 Å². The van der Waals surface area contributed by atoms with E-state index >= 15 is 0 Å². The minimum absolute atomic E-state index is 0.0854. The Bertz CT molecular complexity index is 671. The summed E-state index contributed by atoms with van der Waals surface area (Å²) in [5.74, 6) is 2.11. The van der Waals surface area contributed by atoms with Gasteiger partial charge in [0.2, 0.25) is 5.89 Å². The minimum Gasteiger partial charge on any atom is -0.459 e. The second-order valence-electron chi connectivity index (χ2n) is 5.85. The van der Waals surface area contributed by atoms with Crippen LogP contribution in [0.1, 0.15) is 65.5 Å². The van der Waals surface area contributed by atoms with Gasteiger partial charge in [0.15, 0.2) is 11.6 Å². The second-order valence-corrected chi connectivity index (χ2v) is 5.85. The molecule has 6 heteroatoms. The molecule has 0 aromatic carbocycles. The quantitative estimate of drug-likeness (QED) is 0.868. The van der Waals surface area contributed by atoms with Crippen molar-refractivity contribution in [2.45, 2.75) is 44.6 Å². The number of nitrogens with zero attached hydrogens (tertiary/aromatic N) is 3. The van der Waals surface area contributed by atoms with Crippen LogP contribution < -0.4 is 0 Å². The summed E-state index contributed by atoms with van der Waals surface area (Å²) < 4.78 is 10.6. The summed E-state index contributed by atoms with van der Waals surface area (Å²) in [6, 6.07) is 1.70. The maximum absolute atomic E-state index is 12.6. The first-order valence-electron chi connectivity index (χ1n) is 7.42. The van der Waals surface area contributed by atoms with Crippen molar-refractivity contribution in [2.24, 2.45) is 0 Å². The zero-order valence-electron chi connectivity index (χ0n) is 11.9. The summed E-state index contributed by atoms with van der Waals surface area (Å²) in [7, 11) is 0. The van der Waals surface area contributed by atoms with Crippen molar-refractivity contribution in [1.82, 2.24) is 15.0 Å². The molecule has 0 spiro atoms. The second kappa shape index (κ2) is 4.72. The first kappa shape index (κ1) is 12.6. The molecular weight excluding hydrogens is 270 g/mol. The Morgan fingerprint density at radius 3 is 2.95 bits per heavy atom. The molecule has 2 aromatic heterocycles. The van der Waals surface area contributed by atoms with Crippen LogP contribution in [0.25, 0.3) is 0 Å². The fraction of sp³-hybridized carbons (Fsp3) is 0.533. The largest absolute Gasteiger partial charge is 0.459 e. The van der Waals surface area contributed by atoms with Gasteiger partial charge >= 0.3 is 0 Å². The molecule has 1 saturated heterocycles. The third-order valence-electron chi connectivity index (χ3n) is 4.25. The van der Waals surface area contributed by atoms with Crippen LogP contribution in [0.3, 0.4) is 0 Å². The maximum Gasteiger partial charge on any atom is 0.290 e. The summed E-state index contributed by atoms with van der Waals surface area (Å²) in [5.41, 5.74) is 0.859. The van der Waals surface area contributed by atoms with Gasteiger partial charge in [-0.3, -0.25) is 4.79 Å². The highest BCUT2D eigenvalue weighted by Crippen LogP contribution is 2.40. The van der Waals surface area contributed by atoms with Crippen molar-refractivity contribution in [1.29, 1.82) is 0 Å². The van der Waals surface area contributed by atoms with E-state index in [1.54, 1.807) is 17.2 Å². The Labute approximate surface area is 122 Å². The fourth-order valence-electron chi connectivity index (χ4n) is 2.88. The van der Waals surface area contributed by atoms with Crippen LogP contribution in [0.15, 0.2) is 21.3 Å². The van der Waals surface area contributed by atoms with Gasteiger partial charge in [-0.1, -0.05) is 5.16 Å². The van der Waals surface area contributed by atoms with Crippen molar-refractivity contribution in [3.8, 4) is 0 Å². The monoisotopic (exact) mass is 287 g/mol. The number of hydrogen-bond donors (Lipinski definition) is 0. The number of amides is 1. The number of likely N-dealkylation sites (tertiary alicyclic amines) is 1. The number of carbonyl (C=O) groups is 1. The molecule has 2 aliphatic rings. The van der Waals surface area contributed by atoms with Crippen LogP contribution in [0.4, 0.5) is 0 Å². The van der Waals surface area contributed by atoms with E-state index in [-0.39, 0.29) is 11.9 Å². The summed E-state index contributed by atoms with van der Waals surface area (Å²) in [6.07, 6.45) is 5.62. The molecule has 0 unspecified atom stereocenters. The van der Waals surface area contributed by atoms with Gasteiger partial charge in [0.25, 0.3) is 5.91 Å². The van der Waals surface area contributed by atoms with E-state index in [2.05, 4.69) is 10.1 Å². The molecule has 2 fully saturated rings. The van der Waals surface area contributed by atoms with Crippen LogP contribution in [0, 0.1) is 6.92 Å². The van der Waals surface area contributed by atoms with E-state index in [9.17, 15) is 4.79 Å². The standard InChI is InChI=1S/C15H17N3O3/c1-9-6-8-20-12(9)15(19)18-7-2-3-11(18)13-16-14(21-17-13)10-4-5-10/h6,8,10-11H,2-5,7H2,1H3/t11-/m0/s1. The summed E-state index contributed by atoms with van der Waals surface area (Å²) in [5, 5.41) is 4.09. The highest BCUT2D eigenvalue weighted by molar-refractivity contribution is 5.93. The molecule has 1 aliphatic carbocycles. The zero-order valence-corrected chi connectivity index (χ0v) is 11.9. The lowest BCUT2D eigenvalue weighted by molar-refractivity contribution is 0.0695. The molecule has 1 amide bonds. The Morgan fingerprint density at radius 1 is 1.38 bits per heavy atom. The van der Waals surface area contributed by atoms with Crippen molar-refractivity contribution >= 4 is 5.91 Å². The fourth-order valence-corrected chi connectivity index (χ4v) is 2.88. The van der Waals surface area contributed by atoms with Crippen LogP contribution in [0.2, 0.25) is 0 Å². The van der Waals surface area contributed by atoms with Gasteiger partial charge in [-0.2, -0.15) is 4.98 Å². The van der Waals surface area contributed by atoms with Gasteiger partial charge in [-0.25, -0.2) is 0 Å². The summed E-state index contributed by atoms with van der Waals surface area (Å²) >= 11 is 0. The van der Waals surface area contributed by atoms with Gasteiger partial charge in [0.05, 0.1) is 12.3 Å². The lowest BCUT2D eigenvalue weighted by atomic mass is 10.2. The number of rotatable bonds is 3. The van der Waals surface area contributed by atoms with Crippen molar-refractivity contribution in [2.75, 3.05) is 6.54 Å². The molecule has 0 N–H and O–H groups in total. The van der Waals surface area contributed by atoms with Crippen LogP contribution in [-0.2, 0) is 0 Å². The molecule has 1 saturated carbocycles. The lowest BCUT2D eigenvalue weighted by Crippen LogP contribution is -2.31.